The van der Waals surface area contributed by atoms with E-state index in [1.807, 2.05) is 6.92 Å². The summed E-state index contributed by atoms with van der Waals surface area (Å²) in [5.41, 5.74) is 0. The van der Waals surface area contributed by atoms with E-state index in [0.717, 1.165) is 38.9 Å². The summed E-state index contributed by atoms with van der Waals surface area (Å²) in [5, 5.41) is 3.66. The van der Waals surface area contributed by atoms with Gasteiger partial charge < -0.3 is 14.8 Å². The highest BCUT2D eigenvalue weighted by molar-refractivity contribution is 4.79. The van der Waals surface area contributed by atoms with Crippen LogP contribution in [0.2, 0.25) is 0 Å². The van der Waals surface area contributed by atoms with E-state index in [1.165, 1.54) is 38.5 Å². The van der Waals surface area contributed by atoms with Crippen molar-refractivity contribution < 1.29 is 9.47 Å². The Labute approximate surface area is 113 Å². The van der Waals surface area contributed by atoms with Crippen molar-refractivity contribution in [3.63, 3.8) is 0 Å². The van der Waals surface area contributed by atoms with Crippen molar-refractivity contribution in [2.24, 2.45) is 5.92 Å². The quantitative estimate of drug-likeness (QED) is 0.610. The van der Waals surface area contributed by atoms with Gasteiger partial charge in [0.25, 0.3) is 0 Å². The van der Waals surface area contributed by atoms with Gasteiger partial charge in [-0.3, -0.25) is 0 Å². The molecule has 0 aromatic heterocycles. The van der Waals surface area contributed by atoms with Crippen LogP contribution in [0.4, 0.5) is 0 Å². The molecule has 0 aromatic rings. The van der Waals surface area contributed by atoms with Crippen molar-refractivity contribution in [1.82, 2.24) is 5.32 Å². The molecule has 1 unspecified atom stereocenters. The van der Waals surface area contributed by atoms with E-state index in [1.54, 1.807) is 0 Å². The van der Waals surface area contributed by atoms with E-state index < -0.39 is 0 Å². The monoisotopic (exact) mass is 257 g/mol. The molecule has 1 rings (SSSR count). The minimum Gasteiger partial charge on any atom is -0.379 e. The highest BCUT2D eigenvalue weighted by Gasteiger charge is 2.23. The predicted molar refractivity (Wildman–Crippen MR) is 76.0 cm³/mol. The molecule has 1 atom stereocenters. The van der Waals surface area contributed by atoms with Crippen molar-refractivity contribution >= 4 is 0 Å². The zero-order chi connectivity index (χ0) is 13.1. The lowest BCUT2D eigenvalue weighted by atomic mass is 9.84. The minimum atomic E-state index is 0.548. The van der Waals surface area contributed by atoms with Gasteiger partial charge in [-0.15, -0.1) is 0 Å². The number of hydrogen-bond donors (Lipinski definition) is 1. The molecule has 0 saturated heterocycles. The third kappa shape index (κ3) is 6.72. The molecular formula is C15H31NO2. The molecular weight excluding hydrogens is 226 g/mol. The van der Waals surface area contributed by atoms with Crippen molar-refractivity contribution in [1.29, 1.82) is 0 Å². The van der Waals surface area contributed by atoms with Gasteiger partial charge in [-0.2, -0.15) is 0 Å². The average Bonchev–Trinajstić information content (AvgIpc) is 2.43. The first-order valence-electron chi connectivity index (χ1n) is 7.77. The van der Waals surface area contributed by atoms with Crippen LogP contribution in [0.3, 0.4) is 0 Å². The smallest absolute Gasteiger partial charge is 0.0701 e. The fourth-order valence-corrected chi connectivity index (χ4v) is 2.70. The Morgan fingerprint density at radius 3 is 2.44 bits per heavy atom. The van der Waals surface area contributed by atoms with E-state index in [4.69, 9.17) is 9.47 Å². The van der Waals surface area contributed by atoms with Crippen LogP contribution >= 0.6 is 0 Å². The second kappa shape index (κ2) is 10.8. The summed E-state index contributed by atoms with van der Waals surface area (Å²) in [6.07, 6.45) is 8.15. The molecule has 1 aliphatic carbocycles. The Bertz CT molecular complexity index is 181. The third-order valence-electron chi connectivity index (χ3n) is 3.75. The highest BCUT2D eigenvalue weighted by Crippen LogP contribution is 2.26. The molecule has 0 amide bonds. The maximum Gasteiger partial charge on any atom is 0.0701 e. The molecule has 0 aromatic carbocycles. The second-order valence-corrected chi connectivity index (χ2v) is 5.23. The Balaban J connectivity index is 2.21. The lowest BCUT2D eigenvalue weighted by Crippen LogP contribution is -2.41. The lowest BCUT2D eigenvalue weighted by Gasteiger charge is -2.31. The third-order valence-corrected chi connectivity index (χ3v) is 3.75. The number of hydrogen-bond acceptors (Lipinski definition) is 3. The van der Waals surface area contributed by atoms with Gasteiger partial charge in [-0.25, -0.2) is 0 Å². The second-order valence-electron chi connectivity index (χ2n) is 5.23. The van der Waals surface area contributed by atoms with Gasteiger partial charge in [0.15, 0.2) is 0 Å². The first-order valence-corrected chi connectivity index (χ1v) is 7.77. The zero-order valence-corrected chi connectivity index (χ0v) is 12.2. The van der Waals surface area contributed by atoms with E-state index in [-0.39, 0.29) is 0 Å². The average molecular weight is 257 g/mol. The van der Waals surface area contributed by atoms with Crippen LogP contribution in [-0.4, -0.2) is 39.0 Å². The SMILES string of the molecule is CCCNC(COCCOCC)C1CCCCC1. The summed E-state index contributed by atoms with van der Waals surface area (Å²) in [5.74, 6) is 0.817. The molecule has 0 spiro atoms. The van der Waals surface area contributed by atoms with Crippen molar-refractivity contribution in [2.75, 3.05) is 33.0 Å². The number of rotatable bonds is 10. The van der Waals surface area contributed by atoms with Crippen molar-refractivity contribution in [2.45, 2.75) is 58.4 Å². The van der Waals surface area contributed by atoms with Gasteiger partial charge in [-0.1, -0.05) is 26.2 Å². The standard InChI is InChI=1S/C15H31NO2/c1-3-10-16-15(13-18-12-11-17-4-2)14-8-6-5-7-9-14/h14-16H,3-13H2,1-2H3. The predicted octanol–water partition coefficient (Wildman–Crippen LogP) is 2.99. The molecule has 1 aliphatic rings. The largest absolute Gasteiger partial charge is 0.379 e. The fourth-order valence-electron chi connectivity index (χ4n) is 2.70. The number of nitrogens with one attached hydrogen (secondary N) is 1. The summed E-state index contributed by atoms with van der Waals surface area (Å²) in [4.78, 5) is 0. The van der Waals surface area contributed by atoms with Gasteiger partial charge in [0.2, 0.25) is 0 Å². The first kappa shape index (κ1) is 15.9. The molecule has 1 saturated carbocycles. The maximum atomic E-state index is 5.76. The van der Waals surface area contributed by atoms with Crippen LogP contribution in [0.15, 0.2) is 0 Å². The van der Waals surface area contributed by atoms with Gasteiger partial charge in [0.1, 0.15) is 0 Å². The molecule has 3 heteroatoms. The Morgan fingerprint density at radius 1 is 1.06 bits per heavy atom. The summed E-state index contributed by atoms with van der Waals surface area (Å²) in [6.45, 7) is 8.43. The van der Waals surface area contributed by atoms with Crippen LogP contribution in [0, 0.1) is 5.92 Å². The molecule has 1 N–H and O–H groups in total. The molecule has 0 bridgehead atoms. The van der Waals surface area contributed by atoms with Gasteiger partial charge >= 0.3 is 0 Å². The molecule has 1 fully saturated rings. The normalized spacial score (nSPS) is 19.0. The van der Waals surface area contributed by atoms with Gasteiger partial charge in [0, 0.05) is 12.6 Å². The van der Waals surface area contributed by atoms with E-state index in [9.17, 15) is 0 Å². The van der Waals surface area contributed by atoms with Crippen LogP contribution < -0.4 is 5.32 Å². The lowest BCUT2D eigenvalue weighted by molar-refractivity contribution is 0.0327. The van der Waals surface area contributed by atoms with E-state index in [2.05, 4.69) is 12.2 Å². The summed E-state index contributed by atoms with van der Waals surface area (Å²) >= 11 is 0. The van der Waals surface area contributed by atoms with Gasteiger partial charge in [0.05, 0.1) is 19.8 Å². The summed E-state index contributed by atoms with van der Waals surface area (Å²) < 4.78 is 11.1. The van der Waals surface area contributed by atoms with Gasteiger partial charge in [-0.05, 0) is 38.6 Å². The van der Waals surface area contributed by atoms with Crippen LogP contribution in [0.1, 0.15) is 52.4 Å². The van der Waals surface area contributed by atoms with E-state index >= 15 is 0 Å². The Hall–Kier alpha value is -0.120. The van der Waals surface area contributed by atoms with E-state index in [0.29, 0.717) is 6.04 Å². The van der Waals surface area contributed by atoms with Crippen molar-refractivity contribution in [3.8, 4) is 0 Å². The van der Waals surface area contributed by atoms with Crippen LogP contribution in [0.5, 0.6) is 0 Å². The molecule has 18 heavy (non-hydrogen) atoms. The summed E-state index contributed by atoms with van der Waals surface area (Å²) in [6, 6.07) is 0.548. The maximum absolute atomic E-state index is 5.76. The Kier molecular flexibility index (Phi) is 9.54. The number of ether oxygens (including phenoxy) is 2. The molecule has 3 nitrogen and oxygen atoms in total. The van der Waals surface area contributed by atoms with Crippen LogP contribution in [-0.2, 0) is 9.47 Å². The minimum absolute atomic E-state index is 0.548. The first-order chi connectivity index (χ1) is 8.88. The molecule has 108 valence electrons. The van der Waals surface area contributed by atoms with Crippen molar-refractivity contribution in [3.05, 3.63) is 0 Å². The highest BCUT2D eigenvalue weighted by atomic mass is 16.5. The zero-order valence-electron chi connectivity index (χ0n) is 12.2. The molecule has 0 aliphatic heterocycles. The summed E-state index contributed by atoms with van der Waals surface area (Å²) in [7, 11) is 0. The topological polar surface area (TPSA) is 30.5 Å². The van der Waals surface area contributed by atoms with Crippen LogP contribution in [0.25, 0.3) is 0 Å². The molecule has 0 radical (unpaired) electrons. The fraction of sp³-hybridized carbons (Fsp3) is 1.00. The molecule has 0 heterocycles. The Morgan fingerprint density at radius 2 is 1.78 bits per heavy atom.